The van der Waals surface area contributed by atoms with E-state index in [1.165, 1.54) is 0 Å². The number of fused-ring (bicyclic) bond motifs is 3. The molecular formula is C29H54O9S. The first-order chi connectivity index (χ1) is 18.0. The van der Waals surface area contributed by atoms with Crippen LogP contribution >= 0.6 is 0 Å². The third kappa shape index (κ3) is 7.37. The molecule has 9 nitrogen and oxygen atoms in total. The van der Waals surface area contributed by atoms with Crippen molar-refractivity contribution >= 4 is 10.4 Å². The highest BCUT2D eigenvalue weighted by atomic mass is 32.3. The highest BCUT2D eigenvalue weighted by Gasteiger charge is 2.63. The highest BCUT2D eigenvalue weighted by molar-refractivity contribution is 7.80. The topological polar surface area (TPSA) is 165 Å². The zero-order chi connectivity index (χ0) is 29.4. The van der Waals surface area contributed by atoms with Crippen LogP contribution in [0.2, 0.25) is 0 Å². The van der Waals surface area contributed by atoms with Crippen LogP contribution in [0.3, 0.4) is 0 Å². The summed E-state index contributed by atoms with van der Waals surface area (Å²) in [6, 6.07) is 0. The van der Waals surface area contributed by atoms with Crippen LogP contribution in [0, 0.1) is 46.3 Å². The van der Waals surface area contributed by atoms with E-state index in [4.69, 9.17) is 4.55 Å². The fourth-order valence-electron chi connectivity index (χ4n) is 9.39. The van der Waals surface area contributed by atoms with Gasteiger partial charge in [0.05, 0.1) is 37.1 Å². The largest absolute Gasteiger partial charge is 0.397 e. The fourth-order valence-corrected chi connectivity index (χ4v) is 9.70. The van der Waals surface area contributed by atoms with Gasteiger partial charge in [0.15, 0.2) is 0 Å². The summed E-state index contributed by atoms with van der Waals surface area (Å²) in [7, 11) is -4.48. The summed E-state index contributed by atoms with van der Waals surface area (Å²) in [5.74, 6) is 0.135. The van der Waals surface area contributed by atoms with Gasteiger partial charge >= 0.3 is 10.4 Å². The predicted molar refractivity (Wildman–Crippen MR) is 148 cm³/mol. The lowest BCUT2D eigenvalue weighted by Gasteiger charge is -2.64. The van der Waals surface area contributed by atoms with Crippen molar-refractivity contribution in [2.75, 3.05) is 13.2 Å². The maximum Gasteiger partial charge on any atom is 0.397 e. The summed E-state index contributed by atoms with van der Waals surface area (Å²) in [4.78, 5) is 0. The zero-order valence-electron chi connectivity index (χ0n) is 24.5. The first-order valence-electron chi connectivity index (χ1n) is 14.9. The van der Waals surface area contributed by atoms with Crippen molar-refractivity contribution in [3.63, 3.8) is 0 Å². The number of hydrogen-bond acceptors (Lipinski definition) is 8. The van der Waals surface area contributed by atoms with Crippen LogP contribution in [0.5, 0.6) is 0 Å². The average molecular weight is 579 g/mol. The first-order valence-corrected chi connectivity index (χ1v) is 16.3. The SMILES string of the molecule is CC(C)C(CCOS(=O)(=O)O)CCC(C)C(C(O)CO)C1(C)CCC2C(O)(CC(O)C3CC(O)CCC32C)C1. The Kier molecular flexibility index (Phi) is 10.6. The highest BCUT2D eigenvalue weighted by Crippen LogP contribution is 2.64. The van der Waals surface area contributed by atoms with E-state index in [1.54, 1.807) is 0 Å². The summed E-state index contributed by atoms with van der Waals surface area (Å²) >= 11 is 0. The van der Waals surface area contributed by atoms with E-state index in [-0.39, 0.29) is 60.6 Å². The van der Waals surface area contributed by atoms with Crippen LogP contribution in [0.4, 0.5) is 0 Å². The molecule has 0 bridgehead atoms. The predicted octanol–water partition coefficient (Wildman–Crippen LogP) is 3.32. The summed E-state index contributed by atoms with van der Waals surface area (Å²) in [6.07, 6.45) is 4.23. The van der Waals surface area contributed by atoms with E-state index >= 15 is 0 Å². The van der Waals surface area contributed by atoms with E-state index in [9.17, 15) is 34.0 Å². The third-order valence-electron chi connectivity index (χ3n) is 11.3. The van der Waals surface area contributed by atoms with Gasteiger partial charge in [-0.15, -0.1) is 0 Å². The van der Waals surface area contributed by atoms with Crippen molar-refractivity contribution < 1.29 is 42.7 Å². The van der Waals surface area contributed by atoms with E-state index in [0.717, 1.165) is 32.1 Å². The molecule has 0 aliphatic heterocycles. The lowest BCUT2D eigenvalue weighted by atomic mass is 9.43. The lowest BCUT2D eigenvalue weighted by molar-refractivity contribution is -0.238. The van der Waals surface area contributed by atoms with Crippen molar-refractivity contribution in [1.82, 2.24) is 0 Å². The normalized spacial score (nSPS) is 40.4. The molecule has 3 fully saturated rings. The Morgan fingerprint density at radius 1 is 1.03 bits per heavy atom. The van der Waals surface area contributed by atoms with Crippen molar-refractivity contribution in [3.05, 3.63) is 0 Å². The molecule has 0 radical (unpaired) electrons. The number of rotatable bonds is 12. The second-order valence-electron chi connectivity index (χ2n) is 14.2. The molecule has 0 aromatic carbocycles. The molecule has 0 aromatic heterocycles. The summed E-state index contributed by atoms with van der Waals surface area (Å²) in [6.45, 7) is 10.0. The Labute approximate surface area is 235 Å². The monoisotopic (exact) mass is 578 g/mol. The smallest absolute Gasteiger partial charge is 0.394 e. The summed E-state index contributed by atoms with van der Waals surface area (Å²) in [5, 5.41) is 54.7. The fraction of sp³-hybridized carbons (Fsp3) is 1.00. The number of hydrogen-bond donors (Lipinski definition) is 6. The Morgan fingerprint density at radius 3 is 2.28 bits per heavy atom. The molecular weight excluding hydrogens is 524 g/mol. The van der Waals surface area contributed by atoms with Gasteiger partial charge in [-0.2, -0.15) is 8.42 Å². The zero-order valence-corrected chi connectivity index (χ0v) is 25.3. The number of aliphatic hydroxyl groups excluding tert-OH is 4. The molecule has 39 heavy (non-hydrogen) atoms. The molecule has 0 spiro atoms. The van der Waals surface area contributed by atoms with Gasteiger partial charge in [-0.05, 0) is 97.7 Å². The maximum absolute atomic E-state index is 12.2. The Hall–Kier alpha value is -0.330. The molecule has 0 aromatic rings. The van der Waals surface area contributed by atoms with Crippen LogP contribution in [0.1, 0.15) is 98.8 Å². The standard InChI is InChI=1S/C29H54O9S/c1-18(2)20(10-13-38-39(35,36)37)7-6-19(3)26(24(33)16-30)27(4)11-9-25-28(5)12-8-21(31)14-22(28)23(32)15-29(25,34)17-27/h18-26,30-34H,6-17H2,1-5H3,(H,35,36,37). The third-order valence-corrected chi connectivity index (χ3v) is 11.7. The molecule has 0 amide bonds. The molecule has 6 N–H and O–H groups in total. The Balaban J connectivity index is 1.76. The van der Waals surface area contributed by atoms with E-state index in [0.29, 0.717) is 25.7 Å². The van der Waals surface area contributed by atoms with Gasteiger partial charge in [-0.25, -0.2) is 4.18 Å². The van der Waals surface area contributed by atoms with E-state index in [2.05, 4.69) is 38.8 Å². The van der Waals surface area contributed by atoms with Gasteiger partial charge in [0.2, 0.25) is 0 Å². The molecule has 10 heteroatoms. The van der Waals surface area contributed by atoms with Gasteiger partial charge in [0.1, 0.15) is 0 Å². The minimum atomic E-state index is -4.48. The summed E-state index contributed by atoms with van der Waals surface area (Å²) in [5.41, 5.74) is -1.79. The van der Waals surface area contributed by atoms with Gasteiger partial charge < -0.3 is 25.5 Å². The van der Waals surface area contributed by atoms with Crippen LogP contribution in [-0.2, 0) is 14.6 Å². The Bertz CT molecular complexity index is 912. The first kappa shape index (κ1) is 33.2. The summed E-state index contributed by atoms with van der Waals surface area (Å²) < 4.78 is 35.3. The average Bonchev–Trinajstić information content (AvgIpc) is 2.80. The van der Waals surface area contributed by atoms with Gasteiger partial charge in [-0.1, -0.05) is 41.0 Å². The maximum atomic E-state index is 12.2. The van der Waals surface area contributed by atoms with E-state index in [1.807, 2.05) is 0 Å². The minimum absolute atomic E-state index is 0.00863. The molecule has 0 saturated heterocycles. The second-order valence-corrected chi connectivity index (χ2v) is 15.3. The van der Waals surface area contributed by atoms with Crippen molar-refractivity contribution in [2.45, 2.75) is 123 Å². The molecule has 3 aliphatic rings. The van der Waals surface area contributed by atoms with Crippen LogP contribution in [0.15, 0.2) is 0 Å². The molecule has 3 aliphatic carbocycles. The molecule has 3 saturated carbocycles. The molecule has 11 unspecified atom stereocenters. The van der Waals surface area contributed by atoms with Gasteiger partial charge in [-0.3, -0.25) is 4.55 Å². The molecule has 230 valence electrons. The van der Waals surface area contributed by atoms with Crippen molar-refractivity contribution in [3.8, 4) is 0 Å². The van der Waals surface area contributed by atoms with Gasteiger partial charge in [0.25, 0.3) is 0 Å². The lowest BCUT2D eigenvalue weighted by Crippen LogP contribution is -2.65. The molecule has 3 rings (SSSR count). The number of aliphatic hydroxyl groups is 5. The van der Waals surface area contributed by atoms with Crippen LogP contribution in [0.25, 0.3) is 0 Å². The van der Waals surface area contributed by atoms with E-state index < -0.39 is 39.7 Å². The van der Waals surface area contributed by atoms with Gasteiger partial charge in [0, 0.05) is 6.42 Å². The minimum Gasteiger partial charge on any atom is -0.394 e. The molecule has 11 atom stereocenters. The molecule has 0 heterocycles. The second kappa shape index (κ2) is 12.5. The van der Waals surface area contributed by atoms with Crippen molar-refractivity contribution in [2.24, 2.45) is 46.3 Å². The van der Waals surface area contributed by atoms with Crippen molar-refractivity contribution in [1.29, 1.82) is 0 Å². The van der Waals surface area contributed by atoms with Crippen LogP contribution in [-0.4, -0.2) is 75.6 Å². The quantitative estimate of drug-likeness (QED) is 0.191. The van der Waals surface area contributed by atoms with Crippen LogP contribution < -0.4 is 0 Å². The Morgan fingerprint density at radius 2 is 1.69 bits per heavy atom.